The molecule has 0 radical (unpaired) electrons. The lowest BCUT2D eigenvalue weighted by Gasteiger charge is -2.44. The summed E-state index contributed by atoms with van der Waals surface area (Å²) in [6.45, 7) is 17.7. The van der Waals surface area contributed by atoms with Crippen LogP contribution in [0.5, 0.6) is 0 Å². The zero-order valence-electron chi connectivity index (χ0n) is 22.5. The zero-order valence-corrected chi connectivity index (χ0v) is 22.5. The molecule has 1 aromatic heterocycles. The van der Waals surface area contributed by atoms with Crippen molar-refractivity contribution in [2.75, 3.05) is 31.1 Å². The van der Waals surface area contributed by atoms with Gasteiger partial charge in [-0.05, 0) is 62.1 Å². The third kappa shape index (κ3) is 3.40. The molecule has 6 rings (SSSR count). The van der Waals surface area contributed by atoms with Crippen LogP contribution >= 0.6 is 0 Å². The van der Waals surface area contributed by atoms with Crippen LogP contribution in [0.15, 0.2) is 42.5 Å². The van der Waals surface area contributed by atoms with Crippen molar-refractivity contribution in [3.05, 3.63) is 76.0 Å². The lowest BCUT2D eigenvalue weighted by atomic mass is 9.70. The van der Waals surface area contributed by atoms with Crippen molar-refractivity contribution in [3.8, 4) is 0 Å². The van der Waals surface area contributed by atoms with E-state index >= 15 is 0 Å². The summed E-state index contributed by atoms with van der Waals surface area (Å²) in [6, 6.07) is 10.7. The molecule has 3 aromatic rings. The molecule has 2 aromatic carbocycles. The van der Waals surface area contributed by atoms with E-state index in [2.05, 4.69) is 86.7 Å². The Balaban J connectivity index is 1.43. The van der Waals surface area contributed by atoms with Gasteiger partial charge in [-0.2, -0.15) is 0 Å². The summed E-state index contributed by atoms with van der Waals surface area (Å²) in [6.07, 6.45) is 4.93. The predicted molar refractivity (Wildman–Crippen MR) is 148 cm³/mol. The first-order chi connectivity index (χ1) is 16.9. The fourth-order valence-electron chi connectivity index (χ4n) is 6.26. The maximum absolute atomic E-state index is 14.0. The molecule has 1 aliphatic heterocycles. The van der Waals surface area contributed by atoms with Gasteiger partial charge in [-0.25, -0.2) is 0 Å². The SMILES string of the molecule is CCc1cc2c(cc1N1CCN(C(C)(C)C)CC1)C(C)(C)c1[nH]c3cc(C4(N)C=C4)ccc3c1C2=O. The number of nitrogens with two attached hydrogens (primary N) is 1. The Morgan fingerprint density at radius 3 is 2.33 bits per heavy atom. The maximum Gasteiger partial charge on any atom is 0.195 e. The van der Waals surface area contributed by atoms with Gasteiger partial charge in [-0.3, -0.25) is 9.69 Å². The first kappa shape index (κ1) is 23.5. The lowest BCUT2D eigenvalue weighted by molar-refractivity contribution is 0.103. The molecule has 1 saturated heterocycles. The van der Waals surface area contributed by atoms with Crippen molar-refractivity contribution in [2.24, 2.45) is 5.73 Å². The van der Waals surface area contributed by atoms with Crippen LogP contribution in [0.1, 0.15) is 79.8 Å². The molecule has 0 atom stereocenters. The summed E-state index contributed by atoms with van der Waals surface area (Å²) in [5.41, 5.74) is 14.2. The van der Waals surface area contributed by atoms with E-state index in [1.165, 1.54) is 11.3 Å². The van der Waals surface area contributed by atoms with Gasteiger partial charge < -0.3 is 15.6 Å². The second kappa shape index (κ2) is 7.56. The van der Waals surface area contributed by atoms with E-state index in [0.29, 0.717) is 0 Å². The number of carbonyl (C=O) groups is 1. The number of H-pyrrole nitrogens is 1. The highest BCUT2D eigenvalue weighted by atomic mass is 16.1. The van der Waals surface area contributed by atoms with Crippen LogP contribution in [0, 0.1) is 0 Å². The third-order valence-electron chi connectivity index (χ3n) is 8.76. The molecular formula is C31H38N4O. The molecule has 0 spiro atoms. The van der Waals surface area contributed by atoms with Gasteiger partial charge in [0.05, 0.1) is 11.1 Å². The smallest absolute Gasteiger partial charge is 0.195 e. The van der Waals surface area contributed by atoms with E-state index in [0.717, 1.165) is 71.5 Å². The number of carbonyl (C=O) groups excluding carboxylic acids is 1. The van der Waals surface area contributed by atoms with Crippen LogP contribution in [0.2, 0.25) is 0 Å². The summed E-state index contributed by atoms with van der Waals surface area (Å²) >= 11 is 0. The minimum atomic E-state index is -0.440. The molecule has 1 fully saturated rings. The summed E-state index contributed by atoms with van der Waals surface area (Å²) < 4.78 is 0. The minimum Gasteiger partial charge on any atom is -0.369 e. The molecule has 0 amide bonds. The number of nitrogens with one attached hydrogen (secondary N) is 1. The van der Waals surface area contributed by atoms with Gasteiger partial charge in [0, 0.05) is 65.0 Å². The molecule has 5 heteroatoms. The van der Waals surface area contributed by atoms with E-state index in [1.54, 1.807) is 0 Å². The maximum atomic E-state index is 14.0. The van der Waals surface area contributed by atoms with Gasteiger partial charge in [-0.1, -0.05) is 45.1 Å². The Morgan fingerprint density at radius 1 is 1.03 bits per heavy atom. The minimum absolute atomic E-state index is 0.129. The molecule has 3 aliphatic rings. The summed E-state index contributed by atoms with van der Waals surface area (Å²) in [4.78, 5) is 22.7. The molecule has 3 N–H and O–H groups in total. The number of rotatable bonds is 3. The fourth-order valence-corrected chi connectivity index (χ4v) is 6.26. The van der Waals surface area contributed by atoms with E-state index in [4.69, 9.17) is 5.73 Å². The van der Waals surface area contributed by atoms with Crippen LogP contribution < -0.4 is 10.6 Å². The zero-order chi connectivity index (χ0) is 25.6. The second-order valence-corrected chi connectivity index (χ2v) is 12.4. The van der Waals surface area contributed by atoms with Crippen LogP contribution in [0.4, 0.5) is 5.69 Å². The van der Waals surface area contributed by atoms with Crippen molar-refractivity contribution in [1.82, 2.24) is 9.88 Å². The fraction of sp³-hybridized carbons (Fsp3) is 0.452. The van der Waals surface area contributed by atoms with Crippen LogP contribution in [0.25, 0.3) is 10.9 Å². The van der Waals surface area contributed by atoms with Crippen LogP contribution in [0.3, 0.4) is 0 Å². The van der Waals surface area contributed by atoms with Gasteiger partial charge in [0.1, 0.15) is 0 Å². The first-order valence-corrected chi connectivity index (χ1v) is 13.3. The average Bonchev–Trinajstić information content (AvgIpc) is 3.47. The largest absolute Gasteiger partial charge is 0.369 e. The van der Waals surface area contributed by atoms with Crippen molar-refractivity contribution in [2.45, 2.75) is 64.5 Å². The van der Waals surface area contributed by atoms with E-state index in [1.807, 2.05) is 12.2 Å². The quantitative estimate of drug-likeness (QED) is 0.501. The number of aryl methyl sites for hydroxylation is 1. The highest BCUT2D eigenvalue weighted by molar-refractivity contribution is 6.20. The monoisotopic (exact) mass is 482 g/mol. The van der Waals surface area contributed by atoms with Gasteiger partial charge >= 0.3 is 0 Å². The molecule has 0 unspecified atom stereocenters. The van der Waals surface area contributed by atoms with Crippen LogP contribution in [-0.4, -0.2) is 47.4 Å². The Hall–Kier alpha value is -2.89. The normalized spacial score (nSPS) is 20.5. The Kier molecular flexibility index (Phi) is 4.94. The molecule has 0 bridgehead atoms. The summed E-state index contributed by atoms with van der Waals surface area (Å²) in [7, 11) is 0. The first-order valence-electron chi connectivity index (χ1n) is 13.3. The van der Waals surface area contributed by atoms with Gasteiger partial charge in [0.15, 0.2) is 5.78 Å². The molecule has 5 nitrogen and oxygen atoms in total. The molecule has 188 valence electrons. The molecule has 36 heavy (non-hydrogen) atoms. The summed E-state index contributed by atoms with van der Waals surface area (Å²) in [5.74, 6) is 0.129. The Labute approximate surface area is 214 Å². The number of fused-ring (bicyclic) bond motifs is 4. The lowest BCUT2D eigenvalue weighted by Crippen LogP contribution is -2.53. The Morgan fingerprint density at radius 2 is 1.72 bits per heavy atom. The average molecular weight is 483 g/mol. The number of aromatic amines is 1. The second-order valence-electron chi connectivity index (χ2n) is 12.4. The molecular weight excluding hydrogens is 444 g/mol. The number of aromatic nitrogens is 1. The number of benzene rings is 2. The topological polar surface area (TPSA) is 65.4 Å². The highest BCUT2D eigenvalue weighted by Gasteiger charge is 2.41. The van der Waals surface area contributed by atoms with Crippen molar-refractivity contribution >= 4 is 22.4 Å². The number of anilines is 1. The standard InChI is InChI=1S/C31H38N4O/c1-7-19-16-22-23(18-25(19)34-12-14-35(15-13-34)29(2,3)4)30(5,6)28-26(27(22)36)21-9-8-20(17-24(21)33-28)31(32)10-11-31/h8-11,16-18,33H,7,12-15,32H2,1-6H3. The van der Waals surface area contributed by atoms with Crippen molar-refractivity contribution in [3.63, 3.8) is 0 Å². The predicted octanol–water partition coefficient (Wildman–Crippen LogP) is 5.24. The van der Waals surface area contributed by atoms with E-state index in [-0.39, 0.29) is 16.7 Å². The number of hydrogen-bond donors (Lipinski definition) is 2. The van der Waals surface area contributed by atoms with Crippen LogP contribution in [-0.2, 0) is 17.4 Å². The van der Waals surface area contributed by atoms with Crippen molar-refractivity contribution in [1.29, 1.82) is 0 Å². The number of ketones is 1. The number of piperazine rings is 1. The van der Waals surface area contributed by atoms with Gasteiger partial charge in [0.25, 0.3) is 0 Å². The van der Waals surface area contributed by atoms with Gasteiger partial charge in [0.2, 0.25) is 0 Å². The molecule has 2 aliphatic carbocycles. The highest BCUT2D eigenvalue weighted by Crippen LogP contribution is 2.46. The van der Waals surface area contributed by atoms with Gasteiger partial charge in [-0.15, -0.1) is 0 Å². The van der Waals surface area contributed by atoms with E-state index in [9.17, 15) is 4.79 Å². The van der Waals surface area contributed by atoms with Crippen molar-refractivity contribution < 1.29 is 4.79 Å². The number of nitrogens with zero attached hydrogens (tertiary/aromatic N) is 2. The summed E-state index contributed by atoms with van der Waals surface area (Å²) in [5, 5.41) is 0.988. The number of hydrogen-bond acceptors (Lipinski definition) is 4. The Bertz CT molecular complexity index is 1420. The molecule has 0 saturated carbocycles. The molecule has 2 heterocycles. The van der Waals surface area contributed by atoms with E-state index < -0.39 is 5.54 Å². The third-order valence-corrected chi connectivity index (χ3v) is 8.76.